The molecule has 1 N–H and O–H groups in total. The maximum atomic E-state index is 10.8. The minimum Gasteiger partial charge on any atom is -0.461 e. The Labute approximate surface area is 109 Å². The smallest absolute Gasteiger partial charge is 0.229 e. The van der Waals surface area contributed by atoms with Gasteiger partial charge in [-0.2, -0.15) is 0 Å². The molecule has 2 aromatic rings. The van der Waals surface area contributed by atoms with Gasteiger partial charge in [0.15, 0.2) is 0 Å². The number of furan rings is 1. The molecule has 0 radical (unpaired) electrons. The van der Waals surface area contributed by atoms with Crippen molar-refractivity contribution in [1.29, 1.82) is 0 Å². The molecule has 0 fully saturated rings. The van der Waals surface area contributed by atoms with E-state index in [1.54, 1.807) is 18.5 Å². The summed E-state index contributed by atoms with van der Waals surface area (Å²) in [7, 11) is 0. The van der Waals surface area contributed by atoms with Gasteiger partial charge in [0.25, 0.3) is 0 Å². The van der Waals surface area contributed by atoms with Gasteiger partial charge >= 0.3 is 0 Å². The van der Waals surface area contributed by atoms with Gasteiger partial charge < -0.3 is 9.21 Å². The lowest BCUT2D eigenvalue weighted by atomic mass is 10.2. The summed E-state index contributed by atoms with van der Waals surface area (Å²) < 4.78 is 5.57. The zero-order valence-corrected chi connectivity index (χ0v) is 10.4. The van der Waals surface area contributed by atoms with E-state index in [-0.39, 0.29) is 11.9 Å². The summed E-state index contributed by atoms with van der Waals surface area (Å²) in [5.41, 5.74) is 0.714. The maximum Gasteiger partial charge on any atom is 0.229 e. The molecule has 0 saturated heterocycles. The maximum absolute atomic E-state index is 10.8. The van der Waals surface area contributed by atoms with Crippen molar-refractivity contribution >= 4 is 18.1 Å². The molecule has 0 saturated carbocycles. The SMILES string of the molecule is CC(=O)Nc1ncc(-c2ccc(CCC=O)o2)cn1. The van der Waals surface area contributed by atoms with E-state index in [4.69, 9.17) is 4.42 Å². The minimum absolute atomic E-state index is 0.220. The molecule has 0 aliphatic carbocycles. The van der Waals surface area contributed by atoms with Crippen LogP contribution < -0.4 is 5.32 Å². The third kappa shape index (κ3) is 3.48. The van der Waals surface area contributed by atoms with Crippen LogP contribution in [-0.2, 0) is 16.0 Å². The standard InChI is InChI=1S/C13H13N3O3/c1-9(18)16-13-14-7-10(8-15-13)12-5-4-11(19-12)3-2-6-17/h4-8H,2-3H2,1H3,(H,14,15,16,18). The van der Waals surface area contributed by atoms with Crippen LogP contribution in [0.5, 0.6) is 0 Å². The molecule has 0 aliphatic heterocycles. The number of aryl methyl sites for hydroxylation is 1. The van der Waals surface area contributed by atoms with Crippen molar-refractivity contribution in [2.75, 3.05) is 5.32 Å². The van der Waals surface area contributed by atoms with Gasteiger partial charge in [-0.1, -0.05) is 0 Å². The van der Waals surface area contributed by atoms with E-state index in [9.17, 15) is 9.59 Å². The predicted octanol–water partition coefficient (Wildman–Crippen LogP) is 1.83. The van der Waals surface area contributed by atoms with E-state index in [2.05, 4.69) is 15.3 Å². The Balaban J connectivity index is 2.10. The molecule has 6 nitrogen and oxygen atoms in total. The summed E-state index contributed by atoms with van der Waals surface area (Å²) in [6.45, 7) is 1.39. The molecule has 0 aromatic carbocycles. The van der Waals surface area contributed by atoms with Gasteiger partial charge in [0.05, 0.1) is 5.56 Å². The summed E-state index contributed by atoms with van der Waals surface area (Å²) in [5, 5.41) is 2.49. The topological polar surface area (TPSA) is 85.1 Å². The third-order valence-electron chi connectivity index (χ3n) is 2.39. The van der Waals surface area contributed by atoms with E-state index in [1.165, 1.54) is 6.92 Å². The quantitative estimate of drug-likeness (QED) is 0.828. The van der Waals surface area contributed by atoms with Gasteiger partial charge in [-0.3, -0.25) is 10.1 Å². The van der Waals surface area contributed by atoms with Crippen LogP contribution in [0.15, 0.2) is 28.9 Å². The predicted molar refractivity (Wildman–Crippen MR) is 68.4 cm³/mol. The number of nitrogens with zero attached hydrogens (tertiary/aromatic N) is 2. The largest absolute Gasteiger partial charge is 0.461 e. The van der Waals surface area contributed by atoms with Crippen molar-refractivity contribution in [1.82, 2.24) is 9.97 Å². The van der Waals surface area contributed by atoms with E-state index in [0.29, 0.717) is 24.2 Å². The van der Waals surface area contributed by atoms with Crippen LogP contribution in [0.2, 0.25) is 0 Å². The lowest BCUT2D eigenvalue weighted by Gasteiger charge is -2.00. The van der Waals surface area contributed by atoms with Crippen molar-refractivity contribution in [3.63, 3.8) is 0 Å². The summed E-state index contributed by atoms with van der Waals surface area (Å²) in [5.74, 6) is 1.41. The van der Waals surface area contributed by atoms with Crippen molar-refractivity contribution in [3.8, 4) is 11.3 Å². The lowest BCUT2D eigenvalue weighted by Crippen LogP contribution is -2.08. The second kappa shape index (κ2) is 5.90. The Morgan fingerprint density at radius 3 is 2.74 bits per heavy atom. The summed E-state index contributed by atoms with van der Waals surface area (Å²) >= 11 is 0. The highest BCUT2D eigenvalue weighted by Crippen LogP contribution is 2.21. The average Bonchev–Trinajstić information content (AvgIpc) is 2.85. The Hall–Kier alpha value is -2.50. The van der Waals surface area contributed by atoms with Crippen LogP contribution in [-0.4, -0.2) is 22.2 Å². The van der Waals surface area contributed by atoms with Crippen molar-refractivity contribution in [2.24, 2.45) is 0 Å². The minimum atomic E-state index is -0.220. The van der Waals surface area contributed by atoms with Gasteiger partial charge in [0.1, 0.15) is 17.8 Å². The molecule has 2 heterocycles. The Bertz CT molecular complexity index is 575. The molecule has 0 bridgehead atoms. The third-order valence-corrected chi connectivity index (χ3v) is 2.39. The highest BCUT2D eigenvalue weighted by molar-refractivity contribution is 5.86. The number of anilines is 1. The van der Waals surface area contributed by atoms with Gasteiger partial charge in [0.2, 0.25) is 11.9 Å². The Morgan fingerprint density at radius 1 is 1.37 bits per heavy atom. The second-order valence-electron chi connectivity index (χ2n) is 3.95. The Kier molecular flexibility index (Phi) is 4.02. The number of carbonyl (C=O) groups excluding carboxylic acids is 2. The van der Waals surface area contributed by atoms with Crippen molar-refractivity contribution < 1.29 is 14.0 Å². The van der Waals surface area contributed by atoms with Crippen molar-refractivity contribution in [3.05, 3.63) is 30.3 Å². The van der Waals surface area contributed by atoms with Crippen LogP contribution >= 0.6 is 0 Å². The van der Waals surface area contributed by atoms with Crippen LogP contribution in [0.3, 0.4) is 0 Å². The van der Waals surface area contributed by atoms with Gasteiger partial charge in [-0.05, 0) is 12.1 Å². The van der Waals surface area contributed by atoms with Crippen LogP contribution in [0.25, 0.3) is 11.3 Å². The number of nitrogens with one attached hydrogen (secondary N) is 1. The first-order chi connectivity index (χ1) is 9.19. The van der Waals surface area contributed by atoms with Gasteiger partial charge in [-0.25, -0.2) is 9.97 Å². The number of amides is 1. The number of carbonyl (C=O) groups is 2. The van der Waals surface area contributed by atoms with E-state index >= 15 is 0 Å². The van der Waals surface area contributed by atoms with E-state index < -0.39 is 0 Å². The number of aromatic nitrogens is 2. The number of aldehydes is 1. The van der Waals surface area contributed by atoms with Crippen LogP contribution in [0, 0.1) is 0 Å². The average molecular weight is 259 g/mol. The Morgan fingerprint density at radius 2 is 2.11 bits per heavy atom. The first-order valence-electron chi connectivity index (χ1n) is 5.81. The fourth-order valence-corrected chi connectivity index (χ4v) is 1.55. The molecule has 1 amide bonds. The van der Waals surface area contributed by atoms with Gasteiger partial charge in [-0.15, -0.1) is 0 Å². The molecule has 0 unspecified atom stereocenters. The zero-order chi connectivity index (χ0) is 13.7. The number of hydrogen-bond acceptors (Lipinski definition) is 5. The molecule has 0 atom stereocenters. The summed E-state index contributed by atoms with van der Waals surface area (Å²) in [4.78, 5) is 29.1. The molecule has 0 aliphatic rings. The fraction of sp³-hybridized carbons (Fsp3) is 0.231. The molecule has 2 rings (SSSR count). The molecule has 19 heavy (non-hydrogen) atoms. The van der Waals surface area contributed by atoms with Crippen LogP contribution in [0.1, 0.15) is 19.1 Å². The molecule has 98 valence electrons. The van der Waals surface area contributed by atoms with E-state index in [0.717, 1.165) is 12.0 Å². The highest BCUT2D eigenvalue weighted by atomic mass is 16.3. The summed E-state index contributed by atoms with van der Waals surface area (Å²) in [6, 6.07) is 3.62. The molecular weight excluding hydrogens is 246 g/mol. The van der Waals surface area contributed by atoms with Crippen molar-refractivity contribution in [2.45, 2.75) is 19.8 Å². The first-order valence-corrected chi connectivity index (χ1v) is 5.81. The first kappa shape index (κ1) is 12.9. The number of hydrogen-bond donors (Lipinski definition) is 1. The second-order valence-corrected chi connectivity index (χ2v) is 3.95. The normalized spacial score (nSPS) is 10.2. The molecular formula is C13H13N3O3. The molecule has 2 aromatic heterocycles. The lowest BCUT2D eigenvalue weighted by molar-refractivity contribution is -0.114. The van der Waals surface area contributed by atoms with E-state index in [1.807, 2.05) is 6.07 Å². The summed E-state index contributed by atoms with van der Waals surface area (Å²) in [6.07, 6.45) is 5.01. The molecule has 0 spiro atoms. The fourth-order valence-electron chi connectivity index (χ4n) is 1.55. The molecule has 6 heteroatoms. The van der Waals surface area contributed by atoms with Gasteiger partial charge in [0, 0.05) is 32.2 Å². The van der Waals surface area contributed by atoms with Crippen LogP contribution in [0.4, 0.5) is 5.95 Å². The monoisotopic (exact) mass is 259 g/mol. The number of rotatable bonds is 5. The zero-order valence-electron chi connectivity index (χ0n) is 10.4. The highest BCUT2D eigenvalue weighted by Gasteiger charge is 2.06.